The molecule has 4 aromatic rings. The summed E-state index contributed by atoms with van der Waals surface area (Å²) >= 11 is 7.57. The molecule has 0 aliphatic carbocycles. The fourth-order valence-electron chi connectivity index (χ4n) is 3.97. The maximum atomic E-state index is 13.4. The molecule has 0 aliphatic heterocycles. The topological polar surface area (TPSA) is 90.5 Å². The van der Waals surface area contributed by atoms with Crippen LogP contribution < -0.4 is 20.9 Å². The van der Waals surface area contributed by atoms with Gasteiger partial charge in [0.2, 0.25) is 5.91 Å². The second-order valence-electron chi connectivity index (χ2n) is 10.1. The highest BCUT2D eigenvalue weighted by atomic mass is 35.5. The molecule has 3 N–H and O–H groups in total. The zero-order chi connectivity index (χ0) is 30.9. The van der Waals surface area contributed by atoms with Crippen molar-refractivity contribution < 1.29 is 14.4 Å². The monoisotopic (exact) mass is 612 g/mol. The van der Waals surface area contributed by atoms with E-state index in [1.165, 1.54) is 11.8 Å². The van der Waals surface area contributed by atoms with Crippen molar-refractivity contribution in [2.45, 2.75) is 24.0 Å². The van der Waals surface area contributed by atoms with Crippen LogP contribution in [0.1, 0.15) is 28.4 Å². The van der Waals surface area contributed by atoms with Crippen molar-refractivity contribution >= 4 is 64.2 Å². The maximum absolute atomic E-state index is 13.4. The number of rotatable bonds is 10. The van der Waals surface area contributed by atoms with E-state index in [0.29, 0.717) is 22.0 Å². The highest BCUT2D eigenvalue weighted by molar-refractivity contribution is 8.00. The number of nitrogens with one attached hydrogen (secondary N) is 3. The number of amides is 3. The largest absolute Gasteiger partial charge is 0.378 e. The number of halogens is 1. The Kier molecular flexibility index (Phi) is 10.6. The summed E-state index contributed by atoms with van der Waals surface area (Å²) in [7, 11) is 3.90. The summed E-state index contributed by atoms with van der Waals surface area (Å²) in [6, 6.07) is 28.9. The van der Waals surface area contributed by atoms with Gasteiger partial charge in [-0.25, -0.2) is 0 Å². The van der Waals surface area contributed by atoms with Gasteiger partial charge in [-0.3, -0.25) is 14.4 Å². The Labute approximate surface area is 261 Å². The number of carbonyl (C=O) groups excluding carboxylic acids is 3. The van der Waals surface area contributed by atoms with Gasteiger partial charge in [0.1, 0.15) is 5.70 Å². The van der Waals surface area contributed by atoms with Gasteiger partial charge in [0.05, 0.1) is 5.25 Å². The number of carbonyl (C=O) groups is 3. The van der Waals surface area contributed by atoms with Gasteiger partial charge in [0.25, 0.3) is 11.8 Å². The third kappa shape index (κ3) is 8.98. The number of nitrogens with zero attached hydrogens (tertiary/aromatic N) is 1. The van der Waals surface area contributed by atoms with Gasteiger partial charge in [-0.15, -0.1) is 11.8 Å². The molecule has 9 heteroatoms. The molecule has 0 radical (unpaired) electrons. The zero-order valence-corrected chi connectivity index (χ0v) is 25.9. The highest BCUT2D eigenvalue weighted by Gasteiger charge is 2.17. The average Bonchev–Trinajstić information content (AvgIpc) is 3.00. The van der Waals surface area contributed by atoms with Crippen molar-refractivity contribution in [1.29, 1.82) is 0 Å². The Balaban J connectivity index is 1.44. The molecule has 1 unspecified atom stereocenters. The van der Waals surface area contributed by atoms with Crippen LogP contribution >= 0.6 is 23.4 Å². The molecule has 0 aromatic heterocycles. The Morgan fingerprint density at radius 3 is 2.12 bits per heavy atom. The van der Waals surface area contributed by atoms with Crippen LogP contribution in [0, 0.1) is 6.92 Å². The van der Waals surface area contributed by atoms with Gasteiger partial charge in [0, 0.05) is 46.6 Å². The Morgan fingerprint density at radius 1 is 0.837 bits per heavy atom. The number of hydrogen-bond acceptors (Lipinski definition) is 5. The fourth-order valence-corrected chi connectivity index (χ4v) is 5.01. The molecule has 4 rings (SSSR count). The van der Waals surface area contributed by atoms with E-state index in [2.05, 4.69) is 16.0 Å². The van der Waals surface area contributed by atoms with Crippen LogP contribution in [0.2, 0.25) is 5.02 Å². The lowest BCUT2D eigenvalue weighted by molar-refractivity contribution is -0.115. The van der Waals surface area contributed by atoms with Crippen molar-refractivity contribution in [1.82, 2.24) is 5.32 Å². The third-order valence-corrected chi connectivity index (χ3v) is 8.00. The normalized spacial score (nSPS) is 11.8. The maximum Gasteiger partial charge on any atom is 0.272 e. The smallest absolute Gasteiger partial charge is 0.272 e. The summed E-state index contributed by atoms with van der Waals surface area (Å²) in [6.45, 7) is 3.73. The molecule has 3 amide bonds. The van der Waals surface area contributed by atoms with Crippen LogP contribution in [0.4, 0.5) is 17.1 Å². The minimum absolute atomic E-state index is 0.103. The van der Waals surface area contributed by atoms with E-state index in [1.807, 2.05) is 87.4 Å². The summed E-state index contributed by atoms with van der Waals surface area (Å²) in [5.74, 6) is -1.01. The molecule has 0 saturated heterocycles. The number of aryl methyl sites for hydroxylation is 1. The SMILES string of the molecule is Cc1ccc(NC(=O)C(C)Sc2ccc(NC(=O)/C(=C/c3ccc(N(C)C)cc3)NC(=O)c3ccccc3)cc2)cc1Cl. The highest BCUT2D eigenvalue weighted by Crippen LogP contribution is 2.27. The van der Waals surface area contributed by atoms with E-state index in [9.17, 15) is 14.4 Å². The summed E-state index contributed by atoms with van der Waals surface area (Å²) in [4.78, 5) is 41.8. The molecule has 0 spiro atoms. The number of hydrogen-bond donors (Lipinski definition) is 3. The van der Waals surface area contributed by atoms with E-state index in [4.69, 9.17) is 11.6 Å². The van der Waals surface area contributed by atoms with E-state index in [0.717, 1.165) is 21.7 Å². The Morgan fingerprint density at radius 2 is 1.49 bits per heavy atom. The van der Waals surface area contributed by atoms with Crippen molar-refractivity contribution in [3.05, 3.63) is 124 Å². The predicted molar refractivity (Wildman–Crippen MR) is 178 cm³/mol. The van der Waals surface area contributed by atoms with Crippen molar-refractivity contribution in [2.75, 3.05) is 29.6 Å². The van der Waals surface area contributed by atoms with Gasteiger partial charge in [-0.05, 0) is 91.7 Å². The van der Waals surface area contributed by atoms with Crippen LogP contribution in [0.3, 0.4) is 0 Å². The minimum atomic E-state index is -0.467. The number of benzene rings is 4. The lowest BCUT2D eigenvalue weighted by atomic mass is 10.1. The van der Waals surface area contributed by atoms with Crippen molar-refractivity contribution in [2.24, 2.45) is 0 Å². The second-order valence-corrected chi connectivity index (χ2v) is 11.9. The molecule has 0 saturated carbocycles. The lowest BCUT2D eigenvalue weighted by Gasteiger charge is -2.14. The molecular weight excluding hydrogens is 580 g/mol. The summed E-state index contributed by atoms with van der Waals surface area (Å²) < 4.78 is 0. The molecule has 7 nitrogen and oxygen atoms in total. The summed E-state index contributed by atoms with van der Waals surface area (Å²) in [6.07, 6.45) is 1.64. The van der Waals surface area contributed by atoms with E-state index in [-0.39, 0.29) is 22.8 Å². The van der Waals surface area contributed by atoms with E-state index >= 15 is 0 Å². The molecule has 0 heterocycles. The summed E-state index contributed by atoms with van der Waals surface area (Å²) in [5, 5.41) is 8.73. The molecule has 0 aliphatic rings. The average molecular weight is 613 g/mol. The fraction of sp³-hybridized carbons (Fsp3) is 0.147. The molecule has 43 heavy (non-hydrogen) atoms. The molecule has 4 aromatic carbocycles. The molecule has 220 valence electrons. The Hall–Kier alpha value is -4.53. The first-order valence-corrected chi connectivity index (χ1v) is 14.9. The second kappa shape index (κ2) is 14.6. The molecule has 0 fully saturated rings. The van der Waals surface area contributed by atoms with Crippen LogP contribution in [0.25, 0.3) is 6.08 Å². The van der Waals surface area contributed by atoms with Crippen LogP contribution in [0.5, 0.6) is 0 Å². The quantitative estimate of drug-likeness (QED) is 0.130. The van der Waals surface area contributed by atoms with Crippen LogP contribution in [0.15, 0.2) is 108 Å². The first kappa shape index (κ1) is 31.4. The predicted octanol–water partition coefficient (Wildman–Crippen LogP) is 7.24. The zero-order valence-electron chi connectivity index (χ0n) is 24.4. The standard InChI is InChI=1S/C34H33ClN4O3S/c1-22-10-13-27(21-30(22)35)37-32(40)23(2)43-29-18-14-26(15-19-29)36-34(42)31(38-33(41)25-8-6-5-7-9-25)20-24-11-16-28(17-12-24)39(3)4/h5-21,23H,1-4H3,(H,36,42)(H,37,40)(H,38,41)/b31-20-. The van der Waals surface area contributed by atoms with Crippen LogP contribution in [-0.4, -0.2) is 37.1 Å². The first-order valence-electron chi connectivity index (χ1n) is 13.6. The molecule has 1 atom stereocenters. The van der Waals surface area contributed by atoms with Gasteiger partial charge in [-0.2, -0.15) is 0 Å². The molecular formula is C34H33ClN4O3S. The Bertz CT molecular complexity index is 1620. The minimum Gasteiger partial charge on any atom is -0.378 e. The van der Waals surface area contributed by atoms with Gasteiger partial charge < -0.3 is 20.9 Å². The molecule has 0 bridgehead atoms. The number of anilines is 3. The third-order valence-electron chi connectivity index (χ3n) is 6.48. The van der Waals surface area contributed by atoms with E-state index in [1.54, 1.807) is 48.5 Å². The number of thioether (sulfide) groups is 1. The first-order chi connectivity index (χ1) is 20.6. The summed E-state index contributed by atoms with van der Waals surface area (Å²) in [5.41, 5.74) is 4.44. The van der Waals surface area contributed by atoms with Crippen molar-refractivity contribution in [3.8, 4) is 0 Å². The van der Waals surface area contributed by atoms with Gasteiger partial charge >= 0.3 is 0 Å². The lowest BCUT2D eigenvalue weighted by Crippen LogP contribution is -2.30. The van der Waals surface area contributed by atoms with Crippen molar-refractivity contribution in [3.63, 3.8) is 0 Å². The van der Waals surface area contributed by atoms with E-state index < -0.39 is 5.91 Å². The van der Waals surface area contributed by atoms with Gasteiger partial charge in [-0.1, -0.05) is 48.0 Å². The van der Waals surface area contributed by atoms with Gasteiger partial charge in [0.15, 0.2) is 0 Å². The van der Waals surface area contributed by atoms with Crippen LogP contribution in [-0.2, 0) is 9.59 Å².